The Morgan fingerprint density at radius 1 is 1.12 bits per heavy atom. The number of nitrogens with zero attached hydrogens (tertiary/aromatic N) is 4. The number of likely N-dealkylation sites (tertiary alicyclic amines) is 1. The summed E-state index contributed by atoms with van der Waals surface area (Å²) in [7, 11) is 1.83. The van der Waals surface area contributed by atoms with E-state index in [1.54, 1.807) is 35.2 Å². The molecule has 1 fully saturated rings. The molecule has 1 aromatic heterocycles. The van der Waals surface area contributed by atoms with Crippen LogP contribution >= 0.6 is 11.8 Å². The highest BCUT2D eigenvalue weighted by molar-refractivity contribution is 7.99. The second kappa shape index (κ2) is 10.4. The molecule has 1 aliphatic heterocycles. The number of aromatic nitrogens is 3. The van der Waals surface area contributed by atoms with Crippen LogP contribution in [-0.2, 0) is 18.4 Å². The van der Waals surface area contributed by atoms with Gasteiger partial charge in [-0.05, 0) is 36.2 Å². The molecule has 2 amide bonds. The van der Waals surface area contributed by atoms with Crippen molar-refractivity contribution in [3.05, 3.63) is 72.1 Å². The van der Waals surface area contributed by atoms with Crippen LogP contribution in [0.25, 0.3) is 0 Å². The third-order valence-electron chi connectivity index (χ3n) is 5.29. The Kier molecular flexibility index (Phi) is 7.18. The number of hydrogen-bond donors (Lipinski definition) is 2. The van der Waals surface area contributed by atoms with Gasteiger partial charge in [0.25, 0.3) is 5.91 Å². The number of carbonyl (C=O) groups excluding carboxylic acids is 2. The first-order valence-corrected chi connectivity index (χ1v) is 11.5. The van der Waals surface area contributed by atoms with E-state index in [1.807, 2.05) is 25.2 Å². The molecule has 2 aromatic carbocycles. The number of anilines is 1. The van der Waals surface area contributed by atoms with Crippen molar-refractivity contribution in [2.75, 3.05) is 24.2 Å². The standard InChI is InChI=1S/C23H26N6O2S/c1-28-16-24-27-23(28)32-15-21(30)25-19-9-7-18(8-10-19)22(31)26-20-11-12-29(14-20)13-17-5-3-2-4-6-17/h2-10,16,20H,11-15H2,1H3,(H,25,30)(H,26,31)/t20-/m1/s1. The molecule has 2 heterocycles. The Labute approximate surface area is 191 Å². The third-order valence-corrected chi connectivity index (χ3v) is 6.32. The van der Waals surface area contributed by atoms with Gasteiger partial charge in [-0.15, -0.1) is 10.2 Å². The highest BCUT2D eigenvalue weighted by Crippen LogP contribution is 2.16. The maximum atomic E-state index is 12.6. The first-order chi connectivity index (χ1) is 15.6. The summed E-state index contributed by atoms with van der Waals surface area (Å²) in [5, 5.41) is 14.4. The van der Waals surface area contributed by atoms with E-state index in [0.717, 1.165) is 26.1 Å². The van der Waals surface area contributed by atoms with E-state index in [2.05, 4.69) is 37.9 Å². The van der Waals surface area contributed by atoms with Crippen LogP contribution in [0.1, 0.15) is 22.3 Å². The molecule has 32 heavy (non-hydrogen) atoms. The topological polar surface area (TPSA) is 92.1 Å². The summed E-state index contributed by atoms with van der Waals surface area (Å²) in [4.78, 5) is 27.1. The number of carbonyl (C=O) groups is 2. The van der Waals surface area contributed by atoms with Crippen LogP contribution in [0.5, 0.6) is 0 Å². The third kappa shape index (κ3) is 5.95. The minimum atomic E-state index is -0.139. The SMILES string of the molecule is Cn1cnnc1SCC(=O)Nc1ccc(C(=O)N[C@@H]2CCN(Cc3ccccc3)C2)cc1. The lowest BCUT2D eigenvalue weighted by Gasteiger charge is -2.17. The number of amides is 2. The van der Waals surface area contributed by atoms with Crippen molar-refractivity contribution in [1.29, 1.82) is 0 Å². The van der Waals surface area contributed by atoms with Crippen molar-refractivity contribution in [3.63, 3.8) is 0 Å². The molecule has 1 saturated heterocycles. The zero-order chi connectivity index (χ0) is 22.3. The van der Waals surface area contributed by atoms with Crippen LogP contribution in [0.3, 0.4) is 0 Å². The highest BCUT2D eigenvalue weighted by Gasteiger charge is 2.24. The molecule has 2 N–H and O–H groups in total. The van der Waals surface area contributed by atoms with Gasteiger partial charge in [-0.2, -0.15) is 0 Å². The fourth-order valence-corrected chi connectivity index (χ4v) is 4.33. The number of benzene rings is 2. The maximum absolute atomic E-state index is 12.6. The summed E-state index contributed by atoms with van der Waals surface area (Å²) in [6.07, 6.45) is 2.53. The molecular weight excluding hydrogens is 424 g/mol. The second-order valence-electron chi connectivity index (χ2n) is 7.82. The average molecular weight is 451 g/mol. The van der Waals surface area contributed by atoms with E-state index in [4.69, 9.17) is 0 Å². The van der Waals surface area contributed by atoms with Gasteiger partial charge < -0.3 is 15.2 Å². The molecule has 166 valence electrons. The van der Waals surface area contributed by atoms with Crippen molar-refractivity contribution in [2.24, 2.45) is 7.05 Å². The zero-order valence-corrected chi connectivity index (χ0v) is 18.7. The summed E-state index contributed by atoms with van der Waals surface area (Å²) < 4.78 is 1.76. The fraction of sp³-hybridized carbons (Fsp3) is 0.304. The van der Waals surface area contributed by atoms with Gasteiger partial charge in [-0.25, -0.2) is 0 Å². The quantitative estimate of drug-likeness (QED) is 0.513. The lowest BCUT2D eigenvalue weighted by Crippen LogP contribution is -2.37. The molecular formula is C23H26N6O2S. The van der Waals surface area contributed by atoms with E-state index in [9.17, 15) is 9.59 Å². The Hall–Kier alpha value is -3.17. The molecule has 0 bridgehead atoms. The van der Waals surface area contributed by atoms with Gasteiger partial charge in [-0.3, -0.25) is 14.5 Å². The molecule has 0 saturated carbocycles. The van der Waals surface area contributed by atoms with Gasteiger partial charge in [-0.1, -0.05) is 42.1 Å². The van der Waals surface area contributed by atoms with Gasteiger partial charge in [0.15, 0.2) is 5.16 Å². The van der Waals surface area contributed by atoms with Crippen molar-refractivity contribution in [1.82, 2.24) is 25.0 Å². The Morgan fingerprint density at radius 3 is 2.62 bits per heavy atom. The fourth-order valence-electron chi connectivity index (χ4n) is 3.64. The first-order valence-electron chi connectivity index (χ1n) is 10.5. The van der Waals surface area contributed by atoms with Gasteiger partial charge >= 0.3 is 0 Å². The smallest absolute Gasteiger partial charge is 0.251 e. The molecule has 1 aliphatic rings. The first kappa shape index (κ1) is 22.0. The Morgan fingerprint density at radius 2 is 1.91 bits per heavy atom. The van der Waals surface area contributed by atoms with Crippen LogP contribution in [0.2, 0.25) is 0 Å². The minimum Gasteiger partial charge on any atom is -0.348 e. The number of thioether (sulfide) groups is 1. The monoisotopic (exact) mass is 450 g/mol. The molecule has 0 unspecified atom stereocenters. The van der Waals surface area contributed by atoms with Gasteiger partial charge in [0.2, 0.25) is 5.91 Å². The largest absolute Gasteiger partial charge is 0.348 e. The van der Waals surface area contributed by atoms with Crippen molar-refractivity contribution >= 4 is 29.3 Å². The molecule has 8 nitrogen and oxygen atoms in total. The van der Waals surface area contributed by atoms with Gasteiger partial charge in [0.05, 0.1) is 5.75 Å². The number of aryl methyl sites for hydroxylation is 1. The van der Waals surface area contributed by atoms with Crippen molar-refractivity contribution in [3.8, 4) is 0 Å². The Balaban J connectivity index is 1.22. The van der Waals surface area contributed by atoms with E-state index in [-0.39, 0.29) is 23.6 Å². The van der Waals surface area contributed by atoms with Gasteiger partial charge in [0.1, 0.15) is 6.33 Å². The van der Waals surface area contributed by atoms with E-state index in [0.29, 0.717) is 16.4 Å². The number of rotatable bonds is 8. The molecule has 4 rings (SSSR count). The molecule has 1 atom stereocenters. The van der Waals surface area contributed by atoms with Crippen LogP contribution in [0.4, 0.5) is 5.69 Å². The summed E-state index contributed by atoms with van der Waals surface area (Å²) in [5.74, 6) is 0.00239. The molecule has 0 aliphatic carbocycles. The molecule has 0 radical (unpaired) electrons. The Bertz CT molecular complexity index is 1050. The molecule has 0 spiro atoms. The van der Waals surface area contributed by atoms with Crippen LogP contribution < -0.4 is 10.6 Å². The van der Waals surface area contributed by atoms with E-state index >= 15 is 0 Å². The predicted octanol–water partition coefficient (Wildman–Crippen LogP) is 2.55. The van der Waals surface area contributed by atoms with Crippen molar-refractivity contribution in [2.45, 2.75) is 24.2 Å². The summed E-state index contributed by atoms with van der Waals surface area (Å²) in [6.45, 7) is 2.71. The predicted molar refractivity (Wildman–Crippen MR) is 124 cm³/mol. The molecule has 9 heteroatoms. The zero-order valence-electron chi connectivity index (χ0n) is 17.9. The van der Waals surface area contributed by atoms with Crippen LogP contribution in [0.15, 0.2) is 66.1 Å². The van der Waals surface area contributed by atoms with E-state index in [1.165, 1.54) is 17.3 Å². The lowest BCUT2D eigenvalue weighted by molar-refractivity contribution is -0.113. The average Bonchev–Trinajstić information content (AvgIpc) is 3.41. The van der Waals surface area contributed by atoms with Crippen LogP contribution in [0, 0.1) is 0 Å². The van der Waals surface area contributed by atoms with Gasteiger partial charge in [0, 0.05) is 44.0 Å². The summed E-state index contributed by atoms with van der Waals surface area (Å²) in [6, 6.07) is 17.5. The lowest BCUT2D eigenvalue weighted by atomic mass is 10.1. The summed E-state index contributed by atoms with van der Waals surface area (Å²) >= 11 is 1.32. The summed E-state index contributed by atoms with van der Waals surface area (Å²) in [5.41, 5.74) is 2.52. The number of nitrogens with one attached hydrogen (secondary N) is 2. The normalized spacial score (nSPS) is 16.1. The van der Waals surface area contributed by atoms with E-state index < -0.39 is 0 Å². The molecule has 3 aromatic rings. The maximum Gasteiger partial charge on any atom is 0.251 e. The van der Waals surface area contributed by atoms with Crippen molar-refractivity contribution < 1.29 is 9.59 Å². The highest BCUT2D eigenvalue weighted by atomic mass is 32.2. The minimum absolute atomic E-state index is 0.0905. The second-order valence-corrected chi connectivity index (χ2v) is 8.76. The number of hydrogen-bond acceptors (Lipinski definition) is 6. The van der Waals surface area contributed by atoms with Crippen LogP contribution in [-0.4, -0.2) is 56.4 Å².